The average molecular weight is 251 g/mol. The van der Waals surface area contributed by atoms with Crippen LogP contribution in [-0.4, -0.2) is 46.3 Å². The molecular weight excluding hydrogens is 230 g/mol. The van der Waals surface area contributed by atoms with E-state index in [4.69, 9.17) is 0 Å². The van der Waals surface area contributed by atoms with Gasteiger partial charge in [0, 0.05) is 25.6 Å². The van der Waals surface area contributed by atoms with Gasteiger partial charge >= 0.3 is 0 Å². The Hall–Kier alpha value is -0.660. The SMILES string of the molecule is CCNC(C)CC(=O)NCCNS(C)(=O)=O. The Bertz CT molecular complexity index is 303. The third kappa shape index (κ3) is 9.88. The first-order chi connectivity index (χ1) is 7.35. The summed E-state index contributed by atoms with van der Waals surface area (Å²) >= 11 is 0. The molecule has 0 aliphatic carbocycles. The zero-order valence-electron chi connectivity index (χ0n) is 10.0. The molecule has 0 aromatic rings. The predicted molar refractivity (Wildman–Crippen MR) is 63.6 cm³/mol. The molecule has 0 heterocycles. The van der Waals surface area contributed by atoms with E-state index in [-0.39, 0.29) is 18.5 Å². The van der Waals surface area contributed by atoms with Crippen molar-refractivity contribution in [2.24, 2.45) is 0 Å². The molecule has 0 rings (SSSR count). The maximum atomic E-state index is 11.3. The fourth-order valence-corrected chi connectivity index (χ4v) is 1.68. The molecule has 0 spiro atoms. The lowest BCUT2D eigenvalue weighted by atomic mass is 10.2. The van der Waals surface area contributed by atoms with Crippen molar-refractivity contribution in [3.05, 3.63) is 0 Å². The Kier molecular flexibility index (Phi) is 7.27. The Balaban J connectivity index is 3.59. The van der Waals surface area contributed by atoms with Crippen molar-refractivity contribution < 1.29 is 13.2 Å². The van der Waals surface area contributed by atoms with Crippen LogP contribution in [0.4, 0.5) is 0 Å². The molecule has 6 nitrogen and oxygen atoms in total. The second-order valence-electron chi connectivity index (χ2n) is 3.68. The van der Waals surface area contributed by atoms with Crippen LogP contribution in [0.15, 0.2) is 0 Å². The summed E-state index contributed by atoms with van der Waals surface area (Å²) in [6, 6.07) is 0.132. The van der Waals surface area contributed by atoms with Crippen LogP contribution in [0.2, 0.25) is 0 Å². The van der Waals surface area contributed by atoms with Crippen molar-refractivity contribution in [2.75, 3.05) is 25.9 Å². The van der Waals surface area contributed by atoms with E-state index in [1.165, 1.54) is 0 Å². The van der Waals surface area contributed by atoms with E-state index in [2.05, 4.69) is 15.4 Å². The minimum absolute atomic E-state index is 0.0799. The van der Waals surface area contributed by atoms with Crippen molar-refractivity contribution in [1.82, 2.24) is 15.4 Å². The van der Waals surface area contributed by atoms with E-state index in [0.29, 0.717) is 13.0 Å². The molecule has 3 N–H and O–H groups in total. The van der Waals surface area contributed by atoms with Crippen LogP contribution < -0.4 is 15.4 Å². The molecule has 1 amide bonds. The molecule has 1 atom stereocenters. The summed E-state index contributed by atoms with van der Waals surface area (Å²) in [6.45, 7) is 5.26. The zero-order chi connectivity index (χ0) is 12.6. The van der Waals surface area contributed by atoms with Gasteiger partial charge in [-0.15, -0.1) is 0 Å². The van der Waals surface area contributed by atoms with Gasteiger partial charge in [-0.2, -0.15) is 0 Å². The molecule has 0 aliphatic heterocycles. The Morgan fingerprint density at radius 3 is 2.44 bits per heavy atom. The van der Waals surface area contributed by atoms with Crippen molar-refractivity contribution in [3.63, 3.8) is 0 Å². The van der Waals surface area contributed by atoms with Gasteiger partial charge in [0.1, 0.15) is 0 Å². The van der Waals surface area contributed by atoms with E-state index in [1.54, 1.807) is 0 Å². The molecule has 16 heavy (non-hydrogen) atoms. The van der Waals surface area contributed by atoms with E-state index >= 15 is 0 Å². The Morgan fingerprint density at radius 2 is 1.94 bits per heavy atom. The second-order valence-corrected chi connectivity index (χ2v) is 5.51. The third-order valence-corrected chi connectivity index (χ3v) is 2.58. The van der Waals surface area contributed by atoms with Gasteiger partial charge in [0.25, 0.3) is 0 Å². The number of sulfonamides is 1. The first-order valence-corrected chi connectivity index (χ1v) is 7.19. The third-order valence-electron chi connectivity index (χ3n) is 1.86. The lowest BCUT2D eigenvalue weighted by molar-refractivity contribution is -0.121. The molecular formula is C9H21N3O3S. The van der Waals surface area contributed by atoms with Gasteiger partial charge in [0.15, 0.2) is 0 Å². The van der Waals surface area contributed by atoms with Crippen molar-refractivity contribution in [1.29, 1.82) is 0 Å². The van der Waals surface area contributed by atoms with E-state index in [0.717, 1.165) is 12.8 Å². The van der Waals surface area contributed by atoms with Gasteiger partial charge < -0.3 is 10.6 Å². The zero-order valence-corrected chi connectivity index (χ0v) is 10.9. The molecule has 0 bridgehead atoms. The van der Waals surface area contributed by atoms with Gasteiger partial charge in [0.2, 0.25) is 15.9 Å². The number of amides is 1. The highest BCUT2D eigenvalue weighted by Crippen LogP contribution is 1.89. The average Bonchev–Trinajstić information content (AvgIpc) is 2.11. The number of carbonyl (C=O) groups excluding carboxylic acids is 1. The van der Waals surface area contributed by atoms with E-state index < -0.39 is 10.0 Å². The molecule has 0 aliphatic rings. The molecule has 0 aromatic carbocycles. The van der Waals surface area contributed by atoms with Crippen LogP contribution in [0.5, 0.6) is 0 Å². The Labute approximate surface area is 97.2 Å². The quantitative estimate of drug-likeness (QED) is 0.485. The highest BCUT2D eigenvalue weighted by Gasteiger charge is 2.07. The molecule has 0 aromatic heterocycles. The highest BCUT2D eigenvalue weighted by atomic mass is 32.2. The minimum Gasteiger partial charge on any atom is -0.355 e. The number of hydrogen-bond donors (Lipinski definition) is 3. The normalized spacial score (nSPS) is 13.4. The van der Waals surface area contributed by atoms with Crippen LogP contribution in [0, 0.1) is 0 Å². The van der Waals surface area contributed by atoms with Crippen LogP contribution in [-0.2, 0) is 14.8 Å². The number of hydrogen-bond acceptors (Lipinski definition) is 4. The molecule has 0 radical (unpaired) electrons. The van der Waals surface area contributed by atoms with Crippen LogP contribution in [0.25, 0.3) is 0 Å². The minimum atomic E-state index is -3.17. The first kappa shape index (κ1) is 15.3. The summed E-state index contributed by atoms with van der Waals surface area (Å²) in [7, 11) is -3.17. The van der Waals surface area contributed by atoms with Crippen molar-refractivity contribution in [3.8, 4) is 0 Å². The van der Waals surface area contributed by atoms with Gasteiger partial charge in [0.05, 0.1) is 6.26 Å². The lowest BCUT2D eigenvalue weighted by Gasteiger charge is -2.12. The maximum Gasteiger partial charge on any atom is 0.221 e. The molecule has 1 unspecified atom stereocenters. The summed E-state index contributed by atoms with van der Waals surface area (Å²) in [6.07, 6.45) is 1.48. The van der Waals surface area contributed by atoms with Gasteiger partial charge in [-0.3, -0.25) is 4.79 Å². The summed E-state index contributed by atoms with van der Waals surface area (Å²) in [5.41, 5.74) is 0. The molecule has 7 heteroatoms. The van der Waals surface area contributed by atoms with Crippen molar-refractivity contribution >= 4 is 15.9 Å². The van der Waals surface area contributed by atoms with Gasteiger partial charge in [-0.1, -0.05) is 6.92 Å². The maximum absolute atomic E-state index is 11.3. The van der Waals surface area contributed by atoms with Gasteiger partial charge in [-0.25, -0.2) is 13.1 Å². The fraction of sp³-hybridized carbons (Fsp3) is 0.889. The molecule has 96 valence electrons. The predicted octanol–water partition coefficient (Wildman–Crippen LogP) is -0.960. The molecule has 0 fully saturated rings. The summed E-state index contributed by atoms with van der Waals surface area (Å²) in [4.78, 5) is 11.3. The lowest BCUT2D eigenvalue weighted by Crippen LogP contribution is -2.37. The van der Waals surface area contributed by atoms with E-state index in [1.807, 2.05) is 13.8 Å². The van der Waals surface area contributed by atoms with Gasteiger partial charge in [-0.05, 0) is 13.5 Å². The van der Waals surface area contributed by atoms with Crippen LogP contribution in [0.1, 0.15) is 20.3 Å². The fourth-order valence-electron chi connectivity index (χ4n) is 1.21. The Morgan fingerprint density at radius 1 is 1.31 bits per heavy atom. The summed E-state index contributed by atoms with van der Waals surface area (Å²) < 4.78 is 23.7. The van der Waals surface area contributed by atoms with E-state index in [9.17, 15) is 13.2 Å². The smallest absolute Gasteiger partial charge is 0.221 e. The number of nitrogens with one attached hydrogen (secondary N) is 3. The first-order valence-electron chi connectivity index (χ1n) is 5.30. The summed E-state index contributed by atoms with van der Waals surface area (Å²) in [5, 5.41) is 5.76. The standard InChI is InChI=1S/C9H21N3O3S/c1-4-10-8(2)7-9(13)11-5-6-12-16(3,14)15/h8,10,12H,4-7H2,1-3H3,(H,11,13). The molecule has 0 saturated carbocycles. The number of carbonyl (C=O) groups is 1. The molecule has 0 saturated heterocycles. The highest BCUT2D eigenvalue weighted by molar-refractivity contribution is 7.88. The monoisotopic (exact) mass is 251 g/mol. The summed E-state index contributed by atoms with van der Waals surface area (Å²) in [5.74, 6) is -0.0799. The largest absolute Gasteiger partial charge is 0.355 e. The number of rotatable bonds is 8. The van der Waals surface area contributed by atoms with Crippen LogP contribution >= 0.6 is 0 Å². The van der Waals surface area contributed by atoms with Crippen molar-refractivity contribution in [2.45, 2.75) is 26.3 Å². The van der Waals surface area contributed by atoms with Crippen LogP contribution in [0.3, 0.4) is 0 Å². The topological polar surface area (TPSA) is 87.3 Å². The second kappa shape index (κ2) is 7.59.